The van der Waals surface area contributed by atoms with Crippen LogP contribution in [0.1, 0.15) is 13.8 Å². The molecule has 0 amide bonds. The van der Waals surface area contributed by atoms with E-state index in [-0.39, 0.29) is 6.61 Å². The molecule has 0 radical (unpaired) electrons. The largest absolute Gasteiger partial charge is 0.394 e. The minimum Gasteiger partial charge on any atom is -0.394 e. The third kappa shape index (κ3) is 9.76. The highest BCUT2D eigenvalue weighted by Gasteiger charge is 1.99. The molecule has 0 aromatic carbocycles. The first-order chi connectivity index (χ1) is 6.16. The van der Waals surface area contributed by atoms with Crippen molar-refractivity contribution in [3.63, 3.8) is 0 Å². The van der Waals surface area contributed by atoms with Crippen molar-refractivity contribution in [3.05, 3.63) is 0 Å². The van der Waals surface area contributed by atoms with Gasteiger partial charge in [-0.2, -0.15) is 0 Å². The Morgan fingerprint density at radius 1 is 1.38 bits per heavy atom. The van der Waals surface area contributed by atoms with E-state index in [0.717, 1.165) is 6.61 Å². The van der Waals surface area contributed by atoms with Gasteiger partial charge < -0.3 is 20.3 Å². The fraction of sp³-hybridized carbons (Fsp3) is 1.00. The number of hydrogen-bond donors (Lipinski definition) is 3. The second kappa shape index (κ2) is 8.44. The molecule has 0 aliphatic heterocycles. The number of nitrogens with one attached hydrogen (secondary N) is 1. The molecule has 4 heteroatoms. The number of aliphatic hydroxyl groups is 2. The van der Waals surface area contributed by atoms with Crippen LogP contribution in [0.4, 0.5) is 0 Å². The van der Waals surface area contributed by atoms with Gasteiger partial charge in [0, 0.05) is 19.7 Å². The molecule has 0 rings (SSSR count). The van der Waals surface area contributed by atoms with Crippen LogP contribution in [0, 0.1) is 5.92 Å². The molecule has 0 aliphatic rings. The average Bonchev–Trinajstić information content (AvgIpc) is 2.10. The molecule has 1 unspecified atom stereocenters. The fourth-order valence-corrected chi connectivity index (χ4v) is 0.797. The number of hydrogen-bond acceptors (Lipinski definition) is 4. The van der Waals surface area contributed by atoms with Gasteiger partial charge in [-0.15, -0.1) is 0 Å². The summed E-state index contributed by atoms with van der Waals surface area (Å²) in [5.41, 5.74) is 0. The first-order valence-electron chi connectivity index (χ1n) is 4.74. The molecule has 0 spiro atoms. The van der Waals surface area contributed by atoms with Crippen LogP contribution in [0.15, 0.2) is 0 Å². The summed E-state index contributed by atoms with van der Waals surface area (Å²) in [5, 5.41) is 20.4. The minimum atomic E-state index is -0.662. The molecule has 0 saturated heterocycles. The smallest absolute Gasteiger partial charge is 0.0894 e. The van der Waals surface area contributed by atoms with Crippen LogP contribution >= 0.6 is 0 Å². The van der Waals surface area contributed by atoms with Crippen molar-refractivity contribution in [3.8, 4) is 0 Å². The zero-order valence-electron chi connectivity index (χ0n) is 8.49. The quantitative estimate of drug-likeness (QED) is 0.457. The van der Waals surface area contributed by atoms with Gasteiger partial charge in [0.2, 0.25) is 0 Å². The summed E-state index contributed by atoms with van der Waals surface area (Å²) in [6.45, 7) is 6.55. The standard InChI is InChI=1S/C9H21NO3/c1-8(2)7-13-4-3-10-5-9(12)6-11/h8-12H,3-7H2,1-2H3. The Hall–Kier alpha value is -0.160. The van der Waals surface area contributed by atoms with Crippen molar-refractivity contribution in [1.82, 2.24) is 5.32 Å². The van der Waals surface area contributed by atoms with Crippen molar-refractivity contribution in [2.45, 2.75) is 20.0 Å². The molecule has 0 heterocycles. The van der Waals surface area contributed by atoms with Crippen molar-refractivity contribution in [2.24, 2.45) is 5.92 Å². The first-order valence-corrected chi connectivity index (χ1v) is 4.74. The lowest BCUT2D eigenvalue weighted by Crippen LogP contribution is -2.31. The van der Waals surface area contributed by atoms with Crippen LogP contribution in [-0.4, -0.2) is 49.2 Å². The Bertz CT molecular complexity index is 109. The van der Waals surface area contributed by atoms with Gasteiger partial charge in [0.1, 0.15) is 0 Å². The van der Waals surface area contributed by atoms with E-state index in [9.17, 15) is 0 Å². The van der Waals surface area contributed by atoms with Gasteiger partial charge in [-0.3, -0.25) is 0 Å². The zero-order chi connectivity index (χ0) is 10.1. The molecule has 0 fully saturated rings. The van der Waals surface area contributed by atoms with E-state index in [0.29, 0.717) is 25.6 Å². The predicted octanol–water partition coefficient (Wildman–Crippen LogP) is -0.398. The van der Waals surface area contributed by atoms with Crippen LogP contribution in [-0.2, 0) is 4.74 Å². The molecule has 0 aromatic rings. The van der Waals surface area contributed by atoms with E-state index in [1.807, 2.05) is 0 Å². The fourth-order valence-electron chi connectivity index (χ4n) is 0.797. The lowest BCUT2D eigenvalue weighted by atomic mass is 10.2. The highest BCUT2D eigenvalue weighted by Crippen LogP contribution is 1.90. The van der Waals surface area contributed by atoms with E-state index in [4.69, 9.17) is 14.9 Å². The Balaban J connectivity index is 2.99. The molecule has 13 heavy (non-hydrogen) atoms. The maximum absolute atomic E-state index is 8.95. The number of rotatable bonds is 8. The van der Waals surface area contributed by atoms with Crippen molar-refractivity contribution < 1.29 is 14.9 Å². The van der Waals surface area contributed by atoms with Crippen LogP contribution in [0.2, 0.25) is 0 Å². The molecule has 80 valence electrons. The SMILES string of the molecule is CC(C)COCCNCC(O)CO. The molecule has 3 N–H and O–H groups in total. The topological polar surface area (TPSA) is 61.7 Å². The maximum Gasteiger partial charge on any atom is 0.0894 e. The van der Waals surface area contributed by atoms with Gasteiger partial charge in [0.25, 0.3) is 0 Å². The van der Waals surface area contributed by atoms with Gasteiger partial charge in [0.15, 0.2) is 0 Å². The van der Waals surface area contributed by atoms with Gasteiger partial charge in [-0.1, -0.05) is 13.8 Å². The summed E-state index contributed by atoms with van der Waals surface area (Å²) < 4.78 is 5.30. The van der Waals surface area contributed by atoms with Crippen molar-refractivity contribution >= 4 is 0 Å². The molecule has 0 saturated carbocycles. The molecule has 1 atom stereocenters. The van der Waals surface area contributed by atoms with Crippen LogP contribution in [0.3, 0.4) is 0 Å². The summed E-state index contributed by atoms with van der Waals surface area (Å²) in [4.78, 5) is 0. The molecule has 0 aliphatic carbocycles. The predicted molar refractivity (Wildman–Crippen MR) is 51.6 cm³/mol. The second-order valence-corrected chi connectivity index (χ2v) is 3.51. The Morgan fingerprint density at radius 3 is 2.62 bits per heavy atom. The summed E-state index contributed by atoms with van der Waals surface area (Å²) >= 11 is 0. The first kappa shape index (κ1) is 12.8. The third-order valence-corrected chi connectivity index (χ3v) is 1.47. The Kier molecular flexibility index (Phi) is 8.33. The Morgan fingerprint density at radius 2 is 2.08 bits per heavy atom. The summed E-state index contributed by atoms with van der Waals surface area (Å²) in [5.74, 6) is 0.558. The van der Waals surface area contributed by atoms with Gasteiger partial charge in [-0.05, 0) is 5.92 Å². The molecular formula is C9H21NO3. The van der Waals surface area contributed by atoms with Crippen LogP contribution < -0.4 is 5.32 Å². The Labute approximate surface area is 79.9 Å². The highest BCUT2D eigenvalue weighted by atomic mass is 16.5. The maximum atomic E-state index is 8.95. The van der Waals surface area contributed by atoms with Gasteiger partial charge in [-0.25, -0.2) is 0 Å². The van der Waals surface area contributed by atoms with Gasteiger partial charge in [0.05, 0.1) is 19.3 Å². The lowest BCUT2D eigenvalue weighted by molar-refractivity contribution is 0.0851. The number of ether oxygens (including phenoxy) is 1. The second-order valence-electron chi connectivity index (χ2n) is 3.51. The van der Waals surface area contributed by atoms with Crippen LogP contribution in [0.25, 0.3) is 0 Å². The molecule has 4 nitrogen and oxygen atoms in total. The van der Waals surface area contributed by atoms with E-state index in [1.165, 1.54) is 0 Å². The third-order valence-electron chi connectivity index (χ3n) is 1.47. The number of aliphatic hydroxyl groups excluding tert-OH is 2. The zero-order valence-corrected chi connectivity index (χ0v) is 8.49. The normalized spacial score (nSPS) is 13.6. The van der Waals surface area contributed by atoms with E-state index in [1.54, 1.807) is 0 Å². The average molecular weight is 191 g/mol. The minimum absolute atomic E-state index is 0.195. The van der Waals surface area contributed by atoms with E-state index in [2.05, 4.69) is 19.2 Å². The van der Waals surface area contributed by atoms with Crippen molar-refractivity contribution in [1.29, 1.82) is 0 Å². The summed E-state index contributed by atoms with van der Waals surface area (Å²) in [6, 6.07) is 0. The van der Waals surface area contributed by atoms with Gasteiger partial charge >= 0.3 is 0 Å². The van der Waals surface area contributed by atoms with Crippen molar-refractivity contribution in [2.75, 3.05) is 32.9 Å². The van der Waals surface area contributed by atoms with E-state index < -0.39 is 6.10 Å². The lowest BCUT2D eigenvalue weighted by Gasteiger charge is -2.10. The summed E-state index contributed by atoms with van der Waals surface area (Å²) in [7, 11) is 0. The monoisotopic (exact) mass is 191 g/mol. The van der Waals surface area contributed by atoms with E-state index >= 15 is 0 Å². The summed E-state index contributed by atoms with van der Waals surface area (Å²) in [6.07, 6.45) is -0.662. The molecule has 0 aromatic heterocycles. The molecule has 0 bridgehead atoms. The molecular weight excluding hydrogens is 170 g/mol. The van der Waals surface area contributed by atoms with Crippen LogP contribution in [0.5, 0.6) is 0 Å². The highest BCUT2D eigenvalue weighted by molar-refractivity contribution is 4.56.